The Balaban J connectivity index is 1.75. The number of morpholine rings is 1. The minimum Gasteiger partial charge on any atom is -0.374 e. The molecule has 0 aliphatic carbocycles. The van der Waals surface area contributed by atoms with E-state index in [0.29, 0.717) is 30.4 Å². The topological polar surface area (TPSA) is 84.3 Å². The Morgan fingerprint density at radius 3 is 3.04 bits per heavy atom. The van der Waals surface area contributed by atoms with Gasteiger partial charge in [0.25, 0.3) is 11.8 Å². The summed E-state index contributed by atoms with van der Waals surface area (Å²) >= 11 is 0. The number of rotatable bonds is 2. The predicted octanol–water partition coefficient (Wildman–Crippen LogP) is 2.46. The maximum Gasteiger partial charge on any atom is 0.256 e. The van der Waals surface area contributed by atoms with Crippen molar-refractivity contribution in [2.24, 2.45) is 0 Å². The summed E-state index contributed by atoms with van der Waals surface area (Å²) in [5, 5.41) is 4.86. The van der Waals surface area contributed by atoms with Crippen LogP contribution in [0.25, 0.3) is 10.9 Å². The molecule has 3 aromatic rings. The van der Waals surface area contributed by atoms with Gasteiger partial charge >= 0.3 is 0 Å². The van der Waals surface area contributed by atoms with Crippen LogP contribution < -0.4 is 0 Å². The molecule has 4 rings (SSSR count). The third-order valence-corrected chi connectivity index (χ3v) is 4.37. The highest BCUT2D eigenvalue weighted by Crippen LogP contribution is 2.31. The normalized spacial score (nSPS) is 21.3. The highest BCUT2D eigenvalue weighted by Gasteiger charge is 2.38. The zero-order chi connectivity index (χ0) is 16.7. The van der Waals surface area contributed by atoms with E-state index in [4.69, 9.17) is 9.26 Å². The van der Waals surface area contributed by atoms with E-state index < -0.39 is 6.04 Å². The number of nitrogens with one attached hydrogen (secondary N) is 1. The predicted molar refractivity (Wildman–Crippen MR) is 86.5 cm³/mol. The molecule has 0 bridgehead atoms. The number of benzene rings is 1. The molecule has 1 aromatic carbocycles. The number of amides is 1. The van der Waals surface area contributed by atoms with Crippen LogP contribution in [0, 0.1) is 6.92 Å². The molecule has 7 heteroatoms. The second kappa shape index (κ2) is 5.76. The van der Waals surface area contributed by atoms with Crippen LogP contribution >= 0.6 is 0 Å². The largest absolute Gasteiger partial charge is 0.374 e. The van der Waals surface area contributed by atoms with Gasteiger partial charge in [-0.3, -0.25) is 4.79 Å². The van der Waals surface area contributed by atoms with Gasteiger partial charge in [0.1, 0.15) is 6.04 Å². The Bertz CT molecular complexity index is 885. The third kappa shape index (κ3) is 2.37. The minimum atomic E-state index is -0.391. The molecule has 2 aromatic heterocycles. The molecular formula is C17H18N4O3. The number of H-pyrrole nitrogens is 1. The summed E-state index contributed by atoms with van der Waals surface area (Å²) in [7, 11) is 0. The van der Waals surface area contributed by atoms with E-state index >= 15 is 0 Å². The Labute approximate surface area is 138 Å². The molecule has 1 aliphatic rings. The molecule has 1 aliphatic heterocycles. The molecule has 1 N–H and O–H groups in total. The van der Waals surface area contributed by atoms with Crippen molar-refractivity contribution >= 4 is 16.8 Å². The number of ether oxygens (including phenoxy) is 1. The molecule has 124 valence electrons. The van der Waals surface area contributed by atoms with Crippen molar-refractivity contribution in [1.82, 2.24) is 20.0 Å². The number of aromatic nitrogens is 3. The Hall–Kier alpha value is -2.67. The monoisotopic (exact) mass is 326 g/mol. The van der Waals surface area contributed by atoms with Gasteiger partial charge < -0.3 is 19.1 Å². The first-order chi connectivity index (χ1) is 11.6. The quantitative estimate of drug-likeness (QED) is 0.782. The average molecular weight is 326 g/mol. The molecule has 0 saturated carbocycles. The average Bonchev–Trinajstić information content (AvgIpc) is 3.22. The van der Waals surface area contributed by atoms with E-state index in [1.54, 1.807) is 11.8 Å². The number of carbonyl (C=O) groups excluding carboxylic acids is 1. The van der Waals surface area contributed by atoms with Gasteiger partial charge in [0.2, 0.25) is 0 Å². The fourth-order valence-corrected chi connectivity index (χ4v) is 3.23. The van der Waals surface area contributed by atoms with Crippen molar-refractivity contribution in [3.8, 4) is 0 Å². The highest BCUT2D eigenvalue weighted by atomic mass is 16.5. The maximum absolute atomic E-state index is 13.2. The van der Waals surface area contributed by atoms with Crippen LogP contribution in [0.15, 0.2) is 35.0 Å². The highest BCUT2D eigenvalue weighted by molar-refractivity contribution is 6.05. The number of para-hydroxylation sites is 1. The molecule has 1 fully saturated rings. The van der Waals surface area contributed by atoms with E-state index in [9.17, 15) is 4.79 Å². The van der Waals surface area contributed by atoms with Gasteiger partial charge in [0, 0.05) is 18.1 Å². The van der Waals surface area contributed by atoms with Crippen LogP contribution in [0.1, 0.15) is 35.0 Å². The SMILES string of the molecule is Cc1noc([C@@H]2[C@@H](C)OCCN2C(=O)c2cccc3cc[nH]c23)n1. The summed E-state index contributed by atoms with van der Waals surface area (Å²) in [5.74, 6) is 0.882. The third-order valence-electron chi connectivity index (χ3n) is 4.37. The zero-order valence-electron chi connectivity index (χ0n) is 13.5. The molecule has 0 radical (unpaired) electrons. The first-order valence-corrected chi connectivity index (χ1v) is 7.94. The fraction of sp³-hybridized carbons (Fsp3) is 0.353. The lowest BCUT2D eigenvalue weighted by molar-refractivity contribution is -0.0599. The van der Waals surface area contributed by atoms with Crippen LogP contribution in [-0.4, -0.2) is 45.2 Å². The second-order valence-electron chi connectivity index (χ2n) is 5.95. The van der Waals surface area contributed by atoms with Gasteiger partial charge in [-0.15, -0.1) is 0 Å². The van der Waals surface area contributed by atoms with Gasteiger partial charge in [-0.1, -0.05) is 17.3 Å². The van der Waals surface area contributed by atoms with Crippen molar-refractivity contribution in [3.05, 3.63) is 47.7 Å². The minimum absolute atomic E-state index is 0.0703. The molecule has 3 heterocycles. The van der Waals surface area contributed by atoms with Crippen LogP contribution in [-0.2, 0) is 4.74 Å². The molecule has 7 nitrogen and oxygen atoms in total. The number of nitrogens with zero attached hydrogens (tertiary/aromatic N) is 3. The van der Waals surface area contributed by atoms with Crippen LogP contribution in [0.5, 0.6) is 0 Å². The number of carbonyl (C=O) groups is 1. The van der Waals surface area contributed by atoms with Gasteiger partial charge in [0.15, 0.2) is 5.82 Å². The summed E-state index contributed by atoms with van der Waals surface area (Å²) in [4.78, 5) is 22.4. The van der Waals surface area contributed by atoms with Gasteiger partial charge in [0.05, 0.1) is 23.8 Å². The van der Waals surface area contributed by atoms with Crippen molar-refractivity contribution in [2.45, 2.75) is 26.0 Å². The van der Waals surface area contributed by atoms with Crippen LogP contribution in [0.4, 0.5) is 0 Å². The number of hydrogen-bond acceptors (Lipinski definition) is 5. The number of hydrogen-bond donors (Lipinski definition) is 1. The Morgan fingerprint density at radius 1 is 1.38 bits per heavy atom. The summed E-state index contributed by atoms with van der Waals surface area (Å²) in [6.45, 7) is 4.63. The smallest absolute Gasteiger partial charge is 0.256 e. The van der Waals surface area contributed by atoms with Gasteiger partial charge in [-0.25, -0.2) is 0 Å². The van der Waals surface area contributed by atoms with Crippen LogP contribution in [0.3, 0.4) is 0 Å². The lowest BCUT2D eigenvalue weighted by Crippen LogP contribution is -2.47. The van der Waals surface area contributed by atoms with Crippen molar-refractivity contribution in [3.63, 3.8) is 0 Å². The summed E-state index contributed by atoms with van der Waals surface area (Å²) in [6, 6.07) is 7.25. The molecule has 1 amide bonds. The Kier molecular flexibility index (Phi) is 3.57. The lowest BCUT2D eigenvalue weighted by atomic mass is 10.0. The zero-order valence-corrected chi connectivity index (χ0v) is 13.5. The number of aromatic amines is 1. The number of aryl methyl sites for hydroxylation is 1. The Morgan fingerprint density at radius 2 is 2.25 bits per heavy atom. The first kappa shape index (κ1) is 14.9. The molecule has 1 saturated heterocycles. The fourth-order valence-electron chi connectivity index (χ4n) is 3.23. The van der Waals surface area contributed by atoms with Crippen molar-refractivity contribution in [2.75, 3.05) is 13.2 Å². The van der Waals surface area contributed by atoms with E-state index in [1.165, 1.54) is 0 Å². The lowest BCUT2D eigenvalue weighted by Gasteiger charge is -2.37. The van der Waals surface area contributed by atoms with E-state index in [0.717, 1.165) is 10.9 Å². The number of fused-ring (bicyclic) bond motifs is 1. The van der Waals surface area contributed by atoms with Crippen molar-refractivity contribution in [1.29, 1.82) is 0 Å². The molecular weight excluding hydrogens is 308 g/mol. The molecule has 2 atom stereocenters. The van der Waals surface area contributed by atoms with E-state index in [1.807, 2.05) is 37.4 Å². The first-order valence-electron chi connectivity index (χ1n) is 7.94. The van der Waals surface area contributed by atoms with Gasteiger partial charge in [-0.2, -0.15) is 4.98 Å². The van der Waals surface area contributed by atoms with Crippen molar-refractivity contribution < 1.29 is 14.1 Å². The summed E-state index contributed by atoms with van der Waals surface area (Å²) < 4.78 is 11.0. The molecule has 0 unspecified atom stereocenters. The van der Waals surface area contributed by atoms with Crippen LogP contribution in [0.2, 0.25) is 0 Å². The second-order valence-corrected chi connectivity index (χ2v) is 5.95. The van der Waals surface area contributed by atoms with E-state index in [-0.39, 0.29) is 12.0 Å². The maximum atomic E-state index is 13.2. The molecule has 0 spiro atoms. The summed E-state index contributed by atoms with van der Waals surface area (Å²) in [5.41, 5.74) is 1.47. The molecule has 24 heavy (non-hydrogen) atoms. The summed E-state index contributed by atoms with van der Waals surface area (Å²) in [6.07, 6.45) is 1.62. The van der Waals surface area contributed by atoms with Gasteiger partial charge in [-0.05, 0) is 26.0 Å². The van der Waals surface area contributed by atoms with E-state index in [2.05, 4.69) is 15.1 Å². The standard InChI is InChI=1S/C17H18N4O3/c1-10-15(16-19-11(2)20-24-16)21(8-9-23-10)17(22)13-5-3-4-12-6-7-18-14(12)13/h3-7,10,15,18H,8-9H2,1-2H3/t10-,15+/m1/s1.